The molecule has 0 amide bonds. The average molecular weight is 1510 g/mol. The van der Waals surface area contributed by atoms with Gasteiger partial charge in [0.1, 0.15) is 57.8 Å². The molecule has 0 fully saturated rings. The van der Waals surface area contributed by atoms with Crippen LogP contribution in [0, 0.1) is 0 Å². The van der Waals surface area contributed by atoms with Gasteiger partial charge in [0.2, 0.25) is 0 Å². The van der Waals surface area contributed by atoms with E-state index in [-0.39, 0.29) is 23.8 Å². The van der Waals surface area contributed by atoms with Crippen LogP contribution in [0.2, 0.25) is 0 Å². The molecule has 0 bridgehead atoms. The van der Waals surface area contributed by atoms with Gasteiger partial charge < -0.3 is 34.3 Å². The standard InChI is InChI=1S/C24H22O3.C24H22O2S.C20H22O2S.3C10H14O/c2*1-3-16(2)17-12-14-18(15-13-17)26-24(25)23-19-8-4-6-10-21(19)27-22-11-7-5-9-20(22)23;1-3-14(2)15-8-10-16(11-9-15)22-20(21)18-12-13-23-19-7-5-4-6-17(18)19;3*1-3-8(2)9-4-6-10(11)7-5-9/h2*4-16,23H,3H2,1-2H3;4-11,14,18H,3,12-13H2,1-2H3;3*4-8,11H,3H2,1-2H3. The van der Waals surface area contributed by atoms with E-state index in [0.29, 0.717) is 81.5 Å². The lowest BCUT2D eigenvalue weighted by Gasteiger charge is -2.26. The average Bonchev–Trinajstić information content (AvgIpc) is 0.779. The van der Waals surface area contributed by atoms with Crippen LogP contribution < -0.4 is 18.9 Å². The normalized spacial score (nSPS) is 14.5. The Morgan fingerprint density at radius 3 is 0.900 bits per heavy atom. The third-order valence-corrected chi connectivity index (χ3v) is 23.4. The van der Waals surface area contributed by atoms with Crippen LogP contribution in [-0.4, -0.2) is 39.0 Å². The highest BCUT2D eigenvalue weighted by Crippen LogP contribution is 2.48. The number of rotatable bonds is 18. The Kier molecular flexibility index (Phi) is 32.0. The number of fused-ring (bicyclic) bond motifs is 5. The van der Waals surface area contributed by atoms with Crippen molar-refractivity contribution in [3.8, 4) is 46.0 Å². The van der Waals surface area contributed by atoms with Crippen LogP contribution in [0.15, 0.2) is 282 Å². The highest BCUT2D eigenvalue weighted by Gasteiger charge is 2.36. The second kappa shape index (κ2) is 42.1. The Morgan fingerprint density at radius 1 is 0.327 bits per heavy atom. The summed E-state index contributed by atoms with van der Waals surface area (Å²) in [4.78, 5) is 42.2. The predicted octanol–water partition coefficient (Wildman–Crippen LogP) is 26.5. The summed E-state index contributed by atoms with van der Waals surface area (Å²) in [6, 6.07) is 85.4. The zero-order valence-corrected chi connectivity index (χ0v) is 67.4. The minimum Gasteiger partial charge on any atom is -0.508 e. The van der Waals surface area contributed by atoms with E-state index in [0.717, 1.165) is 88.3 Å². The molecule has 0 radical (unpaired) electrons. The van der Waals surface area contributed by atoms with Gasteiger partial charge in [-0.2, -0.15) is 0 Å². The van der Waals surface area contributed by atoms with E-state index in [4.69, 9.17) is 34.3 Å². The van der Waals surface area contributed by atoms with Gasteiger partial charge in [-0.05, 0) is 239 Å². The van der Waals surface area contributed by atoms with Crippen molar-refractivity contribution in [3.05, 3.63) is 328 Å². The van der Waals surface area contributed by atoms with Gasteiger partial charge >= 0.3 is 17.9 Å². The zero-order valence-electron chi connectivity index (χ0n) is 65.8. The number of phenols is 3. The fourth-order valence-electron chi connectivity index (χ4n) is 12.9. The number of para-hydroxylation sites is 2. The summed E-state index contributed by atoms with van der Waals surface area (Å²) in [5.74, 6) is 6.78. The zero-order chi connectivity index (χ0) is 78.6. The minimum absolute atomic E-state index is 0.144. The Morgan fingerprint density at radius 2 is 0.582 bits per heavy atom. The maximum atomic E-state index is 13.1. The van der Waals surface area contributed by atoms with Crippen LogP contribution >= 0.6 is 23.5 Å². The second-order valence-electron chi connectivity index (χ2n) is 28.5. The highest BCUT2D eigenvalue weighted by atomic mass is 32.2. The molecular formula is C98H108O10S2. The molecule has 3 aliphatic heterocycles. The van der Waals surface area contributed by atoms with Crippen molar-refractivity contribution in [2.24, 2.45) is 0 Å². The van der Waals surface area contributed by atoms with Crippen molar-refractivity contribution in [3.63, 3.8) is 0 Å². The smallest absolute Gasteiger partial charge is 0.323 e. The molecule has 3 aliphatic rings. The van der Waals surface area contributed by atoms with Crippen molar-refractivity contribution in [1.29, 1.82) is 0 Å². The van der Waals surface area contributed by atoms with Gasteiger partial charge in [0.15, 0.2) is 0 Å². The molecule has 0 spiro atoms. The van der Waals surface area contributed by atoms with Crippen molar-refractivity contribution in [2.45, 2.75) is 196 Å². The molecule has 0 aromatic heterocycles. The molecular weight excluding hydrogens is 1400 g/mol. The Balaban J connectivity index is 0.000000159. The number of hydrogen-bond donors (Lipinski definition) is 3. The van der Waals surface area contributed by atoms with Crippen molar-refractivity contribution < 1.29 is 48.7 Å². The molecule has 10 nitrogen and oxygen atoms in total. The van der Waals surface area contributed by atoms with Gasteiger partial charge in [0.25, 0.3) is 0 Å². The van der Waals surface area contributed by atoms with Crippen molar-refractivity contribution in [1.82, 2.24) is 0 Å². The molecule has 0 aliphatic carbocycles. The minimum atomic E-state index is -0.500. The lowest BCUT2D eigenvalue weighted by atomic mass is 9.88. The van der Waals surface area contributed by atoms with Crippen LogP contribution in [0.4, 0.5) is 0 Å². The molecule has 110 heavy (non-hydrogen) atoms. The van der Waals surface area contributed by atoms with Crippen LogP contribution in [0.25, 0.3) is 0 Å². The number of aromatic hydroxyl groups is 3. The number of phenolic OH excluding ortho intramolecular Hbond substituents is 3. The molecule has 11 aromatic carbocycles. The summed E-state index contributed by atoms with van der Waals surface area (Å²) in [6.45, 7) is 26.2. The molecule has 0 saturated heterocycles. The number of hydrogen-bond acceptors (Lipinski definition) is 12. The molecule has 7 atom stereocenters. The van der Waals surface area contributed by atoms with Gasteiger partial charge in [-0.1, -0.05) is 259 Å². The molecule has 14 rings (SSSR count). The summed E-state index contributed by atoms with van der Waals surface area (Å²) in [5, 5.41) is 27.0. The van der Waals surface area contributed by atoms with E-state index in [1.807, 2.05) is 200 Å². The monoisotopic (exact) mass is 1510 g/mol. The third kappa shape index (κ3) is 23.2. The number of carbonyl (C=O) groups excluding carboxylic acids is 3. The summed E-state index contributed by atoms with van der Waals surface area (Å²) < 4.78 is 23.1. The fraction of sp³-hybridized carbons (Fsp3) is 0.296. The van der Waals surface area contributed by atoms with E-state index in [1.54, 1.807) is 48.2 Å². The van der Waals surface area contributed by atoms with E-state index in [2.05, 4.69) is 126 Å². The summed E-state index contributed by atoms with van der Waals surface area (Å²) in [7, 11) is 0. The number of esters is 3. The second-order valence-corrected chi connectivity index (χ2v) is 30.8. The number of carbonyl (C=O) groups is 3. The SMILES string of the molecule is CCC(C)c1ccc(O)cc1.CCC(C)c1ccc(O)cc1.CCC(C)c1ccc(O)cc1.CCC(C)c1ccc(OC(=O)C2CCSc3ccccc32)cc1.CCC(C)c1ccc(OC(=O)C2c3ccccc3Oc3ccccc32)cc1.CCC(C)c1ccc(OC(=O)C2c3ccccc3Sc3ccccc32)cc1. The first kappa shape index (κ1) is 83.8. The van der Waals surface area contributed by atoms with E-state index in [1.165, 1.54) is 38.3 Å². The summed E-state index contributed by atoms with van der Waals surface area (Å²) >= 11 is 3.53. The van der Waals surface area contributed by atoms with Gasteiger partial charge in [-0.15, -0.1) is 11.8 Å². The predicted molar refractivity (Wildman–Crippen MR) is 451 cm³/mol. The molecule has 11 aromatic rings. The first-order valence-electron chi connectivity index (χ1n) is 39.0. The summed E-state index contributed by atoms with van der Waals surface area (Å²) in [6.07, 6.45) is 7.54. The van der Waals surface area contributed by atoms with Crippen molar-refractivity contribution in [2.75, 3.05) is 5.75 Å². The maximum Gasteiger partial charge on any atom is 0.323 e. The van der Waals surface area contributed by atoms with Crippen LogP contribution in [0.5, 0.6) is 46.0 Å². The first-order valence-corrected chi connectivity index (χ1v) is 40.8. The van der Waals surface area contributed by atoms with E-state index >= 15 is 0 Å². The molecule has 0 saturated carbocycles. The molecule has 3 heterocycles. The summed E-state index contributed by atoms with van der Waals surface area (Å²) in [5.41, 5.74) is 12.5. The third-order valence-electron chi connectivity index (χ3n) is 21.1. The highest BCUT2D eigenvalue weighted by molar-refractivity contribution is 7.99. The van der Waals surface area contributed by atoms with E-state index < -0.39 is 11.8 Å². The van der Waals surface area contributed by atoms with Gasteiger partial charge in [-0.3, -0.25) is 14.4 Å². The Labute approximate surface area is 661 Å². The molecule has 3 N–H and O–H groups in total. The van der Waals surface area contributed by atoms with Gasteiger partial charge in [-0.25, -0.2) is 0 Å². The molecule has 12 heteroatoms. The van der Waals surface area contributed by atoms with Crippen LogP contribution in [0.1, 0.15) is 242 Å². The van der Waals surface area contributed by atoms with E-state index in [9.17, 15) is 14.4 Å². The molecule has 7 unspecified atom stereocenters. The largest absolute Gasteiger partial charge is 0.508 e. The maximum absolute atomic E-state index is 13.1. The molecule has 572 valence electrons. The number of benzene rings is 11. The van der Waals surface area contributed by atoms with Gasteiger partial charge in [0.05, 0.1) is 5.92 Å². The Bertz CT molecular complexity index is 4300. The topological polar surface area (TPSA) is 149 Å². The van der Waals surface area contributed by atoms with Crippen molar-refractivity contribution >= 4 is 41.4 Å². The number of thioether (sulfide) groups is 1. The fourth-order valence-corrected chi connectivity index (χ4v) is 15.1. The first-order chi connectivity index (χ1) is 53.2. The quantitative estimate of drug-likeness (QED) is 0.0555. The van der Waals surface area contributed by atoms with Gasteiger partial charge in [0, 0.05) is 25.8 Å². The number of ether oxygens (including phenoxy) is 4. The van der Waals surface area contributed by atoms with Crippen LogP contribution in [0.3, 0.4) is 0 Å². The Hall–Kier alpha value is -10.3. The van der Waals surface area contributed by atoms with Crippen LogP contribution in [-0.2, 0) is 14.4 Å². The lowest BCUT2D eigenvalue weighted by Crippen LogP contribution is -2.23. The lowest BCUT2D eigenvalue weighted by molar-refractivity contribution is -0.136.